The molecule has 3 rings (SSSR count). The third-order valence-corrected chi connectivity index (χ3v) is 3.74. The molecule has 1 aliphatic rings. The molecule has 1 fully saturated rings. The fraction of sp³-hybridized carbons (Fsp3) is 0.333. The van der Waals surface area contributed by atoms with E-state index in [-0.39, 0.29) is 0 Å². The Bertz CT molecular complexity index is 503. The number of nitrogens with zero attached hydrogens (tertiary/aromatic N) is 3. The van der Waals surface area contributed by atoms with Crippen molar-refractivity contribution in [1.82, 2.24) is 20.1 Å². The van der Waals surface area contributed by atoms with Gasteiger partial charge in [0.05, 0.1) is 5.69 Å². The number of halogens is 1. The van der Waals surface area contributed by atoms with Crippen LogP contribution in [0.2, 0.25) is 0 Å². The monoisotopic (exact) mass is 292 g/mol. The van der Waals surface area contributed by atoms with E-state index in [1.807, 2.05) is 0 Å². The molecule has 2 heterocycles. The summed E-state index contributed by atoms with van der Waals surface area (Å²) in [5.41, 5.74) is 2.35. The van der Waals surface area contributed by atoms with E-state index in [0.29, 0.717) is 6.04 Å². The van der Waals surface area contributed by atoms with Crippen molar-refractivity contribution in [3.05, 3.63) is 40.9 Å². The molecule has 1 atom stereocenters. The van der Waals surface area contributed by atoms with Crippen LogP contribution in [0.5, 0.6) is 0 Å². The molecule has 88 valence electrons. The van der Waals surface area contributed by atoms with Gasteiger partial charge in [-0.15, -0.1) is 0 Å². The standard InChI is InChI=1S/C12H13BrN4/c13-10-6-9(11-2-1-5-15-11)3-4-12(10)17-8-14-7-16-17/h3-4,6-8,11,15H,1-2,5H2. The van der Waals surface area contributed by atoms with Crippen LogP contribution < -0.4 is 5.32 Å². The predicted molar refractivity (Wildman–Crippen MR) is 69.0 cm³/mol. The highest BCUT2D eigenvalue weighted by Crippen LogP contribution is 2.28. The number of aromatic nitrogens is 3. The Balaban J connectivity index is 1.94. The summed E-state index contributed by atoms with van der Waals surface area (Å²) in [6, 6.07) is 6.90. The summed E-state index contributed by atoms with van der Waals surface area (Å²) < 4.78 is 2.81. The number of hydrogen-bond donors (Lipinski definition) is 1. The molecule has 0 radical (unpaired) electrons. The van der Waals surface area contributed by atoms with Gasteiger partial charge in [-0.05, 0) is 53.0 Å². The second kappa shape index (κ2) is 4.58. The van der Waals surface area contributed by atoms with Crippen LogP contribution in [0.3, 0.4) is 0 Å². The molecule has 1 aromatic carbocycles. The third-order valence-electron chi connectivity index (χ3n) is 3.10. The zero-order valence-electron chi connectivity index (χ0n) is 9.31. The van der Waals surface area contributed by atoms with Gasteiger partial charge < -0.3 is 5.32 Å². The van der Waals surface area contributed by atoms with Crippen molar-refractivity contribution in [2.75, 3.05) is 6.54 Å². The fourth-order valence-corrected chi connectivity index (χ4v) is 2.81. The maximum Gasteiger partial charge on any atom is 0.138 e. The lowest BCUT2D eigenvalue weighted by Crippen LogP contribution is -2.13. The second-order valence-corrected chi connectivity index (χ2v) is 5.05. The lowest BCUT2D eigenvalue weighted by molar-refractivity contribution is 0.647. The molecule has 17 heavy (non-hydrogen) atoms. The van der Waals surface area contributed by atoms with Crippen molar-refractivity contribution in [3.63, 3.8) is 0 Å². The zero-order valence-corrected chi connectivity index (χ0v) is 10.9. The summed E-state index contributed by atoms with van der Waals surface area (Å²) >= 11 is 3.60. The number of nitrogens with one attached hydrogen (secondary N) is 1. The lowest BCUT2D eigenvalue weighted by atomic mass is 10.1. The van der Waals surface area contributed by atoms with Crippen molar-refractivity contribution in [2.24, 2.45) is 0 Å². The SMILES string of the molecule is Brc1cc(C2CCCN2)ccc1-n1cncn1. The van der Waals surface area contributed by atoms with Crippen LogP contribution in [-0.2, 0) is 0 Å². The number of rotatable bonds is 2. The molecule has 5 heteroatoms. The van der Waals surface area contributed by atoms with E-state index < -0.39 is 0 Å². The molecule has 1 aliphatic heterocycles. The molecule has 0 aliphatic carbocycles. The Kier molecular flexibility index (Phi) is 2.94. The van der Waals surface area contributed by atoms with Crippen LogP contribution in [-0.4, -0.2) is 21.3 Å². The molecule has 1 saturated heterocycles. The fourth-order valence-electron chi connectivity index (χ4n) is 2.23. The van der Waals surface area contributed by atoms with Crippen molar-refractivity contribution < 1.29 is 0 Å². The summed E-state index contributed by atoms with van der Waals surface area (Å²) in [5, 5.41) is 7.63. The average molecular weight is 293 g/mol. The maximum atomic E-state index is 4.13. The number of hydrogen-bond acceptors (Lipinski definition) is 3. The molecular formula is C12H13BrN4. The normalized spacial score (nSPS) is 19.7. The van der Waals surface area contributed by atoms with Crippen LogP contribution in [0.1, 0.15) is 24.4 Å². The van der Waals surface area contributed by atoms with Gasteiger partial charge in [0.1, 0.15) is 12.7 Å². The number of benzene rings is 1. The van der Waals surface area contributed by atoms with Gasteiger partial charge in [0, 0.05) is 10.5 Å². The van der Waals surface area contributed by atoms with E-state index in [1.54, 1.807) is 17.3 Å². The maximum absolute atomic E-state index is 4.13. The molecular weight excluding hydrogens is 280 g/mol. The van der Waals surface area contributed by atoms with E-state index in [4.69, 9.17) is 0 Å². The topological polar surface area (TPSA) is 42.7 Å². The van der Waals surface area contributed by atoms with E-state index in [0.717, 1.165) is 16.7 Å². The second-order valence-electron chi connectivity index (χ2n) is 4.20. The van der Waals surface area contributed by atoms with Crippen molar-refractivity contribution >= 4 is 15.9 Å². The first-order chi connectivity index (χ1) is 8.34. The minimum absolute atomic E-state index is 0.496. The molecule has 2 aromatic rings. The largest absolute Gasteiger partial charge is 0.310 e. The Labute approximate surface area is 108 Å². The third kappa shape index (κ3) is 2.12. The van der Waals surface area contributed by atoms with Crippen molar-refractivity contribution in [2.45, 2.75) is 18.9 Å². The van der Waals surface area contributed by atoms with Gasteiger partial charge in [-0.3, -0.25) is 0 Å². The Morgan fingerprint density at radius 3 is 3.00 bits per heavy atom. The summed E-state index contributed by atoms with van der Waals surface area (Å²) in [4.78, 5) is 3.96. The van der Waals surface area contributed by atoms with Gasteiger partial charge >= 0.3 is 0 Å². The predicted octanol–water partition coefficient (Wildman–Crippen LogP) is 2.45. The summed E-state index contributed by atoms with van der Waals surface area (Å²) in [6.07, 6.45) is 5.72. The molecule has 0 amide bonds. The molecule has 4 nitrogen and oxygen atoms in total. The van der Waals surface area contributed by atoms with Gasteiger partial charge in [-0.1, -0.05) is 6.07 Å². The van der Waals surface area contributed by atoms with Gasteiger partial charge in [0.25, 0.3) is 0 Å². The van der Waals surface area contributed by atoms with Crippen LogP contribution in [0.15, 0.2) is 35.3 Å². The van der Waals surface area contributed by atoms with E-state index in [9.17, 15) is 0 Å². The quantitative estimate of drug-likeness (QED) is 0.925. The van der Waals surface area contributed by atoms with E-state index in [1.165, 1.54) is 18.4 Å². The lowest BCUT2D eigenvalue weighted by Gasteiger charge is -2.12. The Morgan fingerprint density at radius 1 is 1.41 bits per heavy atom. The Hall–Kier alpha value is -1.20. The van der Waals surface area contributed by atoms with Gasteiger partial charge in [-0.2, -0.15) is 5.10 Å². The first-order valence-corrected chi connectivity index (χ1v) is 6.52. The first-order valence-electron chi connectivity index (χ1n) is 5.72. The van der Waals surface area contributed by atoms with Crippen LogP contribution in [0.25, 0.3) is 5.69 Å². The zero-order chi connectivity index (χ0) is 11.7. The highest BCUT2D eigenvalue weighted by atomic mass is 79.9. The average Bonchev–Trinajstić information content (AvgIpc) is 3.02. The first kappa shape index (κ1) is 10.9. The molecule has 1 N–H and O–H groups in total. The smallest absolute Gasteiger partial charge is 0.138 e. The van der Waals surface area contributed by atoms with Gasteiger partial charge in [0.2, 0.25) is 0 Å². The minimum Gasteiger partial charge on any atom is -0.310 e. The highest BCUT2D eigenvalue weighted by Gasteiger charge is 2.17. The summed E-state index contributed by atoms with van der Waals surface area (Å²) in [7, 11) is 0. The molecule has 1 aromatic heterocycles. The van der Waals surface area contributed by atoms with Crippen LogP contribution in [0.4, 0.5) is 0 Å². The van der Waals surface area contributed by atoms with Crippen molar-refractivity contribution in [1.29, 1.82) is 0 Å². The van der Waals surface area contributed by atoms with E-state index >= 15 is 0 Å². The summed E-state index contributed by atoms with van der Waals surface area (Å²) in [5.74, 6) is 0. The van der Waals surface area contributed by atoms with Crippen LogP contribution in [0, 0.1) is 0 Å². The molecule has 0 bridgehead atoms. The molecule has 1 unspecified atom stereocenters. The van der Waals surface area contributed by atoms with E-state index in [2.05, 4.69) is 49.5 Å². The molecule has 0 saturated carbocycles. The highest BCUT2D eigenvalue weighted by molar-refractivity contribution is 9.10. The Morgan fingerprint density at radius 2 is 2.35 bits per heavy atom. The molecule has 0 spiro atoms. The van der Waals surface area contributed by atoms with Gasteiger partial charge in [0.15, 0.2) is 0 Å². The van der Waals surface area contributed by atoms with Crippen molar-refractivity contribution in [3.8, 4) is 5.69 Å². The summed E-state index contributed by atoms with van der Waals surface area (Å²) in [6.45, 7) is 1.12. The van der Waals surface area contributed by atoms with Gasteiger partial charge in [-0.25, -0.2) is 9.67 Å². The minimum atomic E-state index is 0.496. The van der Waals surface area contributed by atoms with Crippen LogP contribution >= 0.6 is 15.9 Å².